The van der Waals surface area contributed by atoms with E-state index in [4.69, 9.17) is 15.5 Å². The second kappa shape index (κ2) is 29.7. The van der Waals surface area contributed by atoms with Crippen LogP contribution in [0.5, 0.6) is 0 Å². The molecule has 14 nitrogen and oxygen atoms in total. The monoisotopic (exact) mass is 1260 g/mol. The number of nitrogens with two attached hydrogens (primary N) is 1. The number of ketones is 2. The molecular weight excluding hydrogens is 1170 g/mol. The van der Waals surface area contributed by atoms with Crippen molar-refractivity contribution in [2.45, 2.75) is 174 Å². The SMILES string of the molecule is CC(C)(C)NS(=O)(=O)N1CCCc2c(CC(=O)[C@@H](C[I-]N)Cc3ccccc3)cccc21.CC(C)(C)NS(=O)(=O)N1CCCc2c(CC(=O)[C@H](Cc3ccccc3)NC(=O)C3CCCCC3)cccc21.O=C(Cl)C1CCCCC1. The summed E-state index contributed by atoms with van der Waals surface area (Å²) >= 11 is 4.81. The number of Topliss-reactive ketones (excluding diaryl/α,β-unsaturated/α-hetero) is 2. The standard InChI is InChI=1S/C30H41N3O4S.C24H33IN3O3S.C7H11ClO/c1-30(2,3)32-38(36,37)33-19-11-17-25-24(16-10-18-27(25)33)21-28(34)26(20-22-12-6-4-7-13-22)31-29(35)23-14-8-5-9-15-23;1-24(2,3)27-32(30,31)28-14-8-12-21-19(11-7-13-22(21)28)16-23(29)20(17-25-26)15-18-9-5-4-6-10-18;8-7(9)6-4-2-1-3-5-6/h4,6-7,10,12-13,16,18,23,26,32H,5,8-9,11,14-15,17,19-21H2,1-3H3,(H,31,35);4-7,9-11,13,20,27H,8,12,14-17,26H2,1-3H3;6H,1-5H2/q;-1;/t26-;20-;/m01./s1. The molecule has 2 aliphatic heterocycles. The van der Waals surface area contributed by atoms with Gasteiger partial charge in [0.25, 0.3) is 0 Å². The Balaban J connectivity index is 0.000000222. The third-order valence-corrected chi connectivity index (χ3v) is 20.3. The zero-order valence-corrected chi connectivity index (χ0v) is 51.8. The van der Waals surface area contributed by atoms with E-state index in [0.29, 0.717) is 56.6 Å². The van der Waals surface area contributed by atoms with Crippen molar-refractivity contribution in [3.8, 4) is 0 Å². The van der Waals surface area contributed by atoms with Crippen LogP contribution in [0.1, 0.15) is 152 Å². The topological polar surface area (TPSA) is 205 Å². The third kappa shape index (κ3) is 19.7. The first-order valence-corrected chi connectivity index (χ1v) is 34.2. The third-order valence-electron chi connectivity index (χ3n) is 14.7. The molecule has 0 unspecified atom stereocenters. The fourth-order valence-electron chi connectivity index (χ4n) is 11.0. The summed E-state index contributed by atoms with van der Waals surface area (Å²) in [5.41, 5.74) is 5.89. The van der Waals surface area contributed by atoms with Gasteiger partial charge in [0.2, 0.25) is 11.1 Å². The van der Waals surface area contributed by atoms with Crippen LogP contribution in [0.25, 0.3) is 0 Å². The summed E-state index contributed by atoms with van der Waals surface area (Å²) in [6.07, 6.45) is 15.1. The number of rotatable bonds is 19. The van der Waals surface area contributed by atoms with Crippen LogP contribution in [0.3, 0.4) is 0 Å². The van der Waals surface area contributed by atoms with Crippen molar-refractivity contribution in [1.29, 1.82) is 0 Å². The summed E-state index contributed by atoms with van der Waals surface area (Å²) in [7, 11) is -7.42. The molecule has 4 aromatic carbocycles. The van der Waals surface area contributed by atoms with E-state index in [-0.39, 0.29) is 46.9 Å². The van der Waals surface area contributed by atoms with Crippen molar-refractivity contribution in [3.05, 3.63) is 130 Å². The minimum Gasteiger partial charge on any atom is -0.346 e. The predicted molar refractivity (Wildman–Crippen MR) is 314 cm³/mol. The molecule has 5 N–H and O–H groups in total. The quantitative estimate of drug-likeness (QED) is 0.0336. The van der Waals surface area contributed by atoms with Crippen molar-refractivity contribution in [1.82, 2.24) is 14.8 Å². The van der Waals surface area contributed by atoms with Crippen molar-refractivity contribution in [2.24, 2.45) is 21.7 Å². The van der Waals surface area contributed by atoms with Crippen LogP contribution in [0.2, 0.25) is 0 Å². The number of benzene rings is 4. The zero-order valence-electron chi connectivity index (χ0n) is 47.2. The largest absolute Gasteiger partial charge is 0.346 e. The number of anilines is 2. The van der Waals surface area contributed by atoms with Gasteiger partial charge in [0.1, 0.15) is 0 Å². The first kappa shape index (κ1) is 63.9. The molecule has 4 aliphatic rings. The summed E-state index contributed by atoms with van der Waals surface area (Å²) in [6, 6.07) is 30.4. The molecule has 0 bridgehead atoms. The first-order valence-electron chi connectivity index (χ1n) is 28.2. The number of hydrogen-bond acceptors (Lipinski definition) is 9. The number of halogens is 2. The van der Waals surface area contributed by atoms with E-state index in [1.807, 2.05) is 139 Å². The molecule has 0 aromatic heterocycles. The van der Waals surface area contributed by atoms with Gasteiger partial charge in [-0.25, -0.2) is 0 Å². The number of amides is 1. The fourth-order valence-corrected chi connectivity index (χ4v) is 16.0. The summed E-state index contributed by atoms with van der Waals surface area (Å²) in [5.74, 6) is 0.143. The van der Waals surface area contributed by atoms with Crippen molar-refractivity contribution in [2.75, 3.05) is 26.1 Å². The Morgan fingerprint density at radius 3 is 1.43 bits per heavy atom. The number of alkyl halides is 1. The van der Waals surface area contributed by atoms with Gasteiger partial charge >= 0.3 is 214 Å². The molecule has 2 heterocycles. The molecule has 434 valence electrons. The maximum absolute atomic E-state index is 13.7. The fraction of sp³-hybridized carbons (Fsp3) is 0.541. The van der Waals surface area contributed by atoms with E-state index < -0.39 is 59.0 Å². The van der Waals surface area contributed by atoms with Gasteiger partial charge in [-0.15, -0.1) is 0 Å². The van der Waals surface area contributed by atoms with Crippen LogP contribution in [0.15, 0.2) is 97.1 Å². The Morgan fingerprint density at radius 2 is 1.01 bits per heavy atom. The molecule has 18 heteroatoms. The Kier molecular flexibility index (Phi) is 24.0. The normalized spacial score (nSPS) is 17.2. The number of fused-ring (bicyclic) bond motifs is 2. The molecule has 0 spiro atoms. The Hall–Kier alpha value is -4.24. The van der Waals surface area contributed by atoms with Gasteiger partial charge in [0, 0.05) is 30.3 Å². The molecule has 0 saturated heterocycles. The Bertz CT molecular complexity index is 2890. The van der Waals surface area contributed by atoms with Gasteiger partial charge < -0.3 is 5.32 Å². The van der Waals surface area contributed by atoms with E-state index in [9.17, 15) is 36.0 Å². The molecule has 4 aromatic rings. The molecule has 79 heavy (non-hydrogen) atoms. The molecule has 0 radical (unpaired) electrons. The van der Waals surface area contributed by atoms with Gasteiger partial charge in [-0.05, 0) is 100 Å². The molecule has 2 saturated carbocycles. The smallest absolute Gasteiger partial charge is 0.302 e. The minimum absolute atomic E-state index is 0.0282. The maximum atomic E-state index is 13.7. The number of hydrogen-bond donors (Lipinski definition) is 4. The molecule has 2 aliphatic carbocycles. The zero-order chi connectivity index (χ0) is 57.4. The summed E-state index contributed by atoms with van der Waals surface area (Å²) in [4.78, 5) is 50.7. The number of nitrogens with one attached hydrogen (secondary N) is 3. The molecule has 2 fully saturated rings. The maximum Gasteiger partial charge on any atom is 0.302 e. The molecule has 8 rings (SSSR count). The van der Waals surface area contributed by atoms with Crippen LogP contribution in [0, 0.1) is 17.8 Å². The van der Waals surface area contributed by atoms with Crippen LogP contribution >= 0.6 is 11.6 Å². The summed E-state index contributed by atoms with van der Waals surface area (Å²) < 4.78 is 67.5. The van der Waals surface area contributed by atoms with E-state index in [1.54, 1.807) is 0 Å². The average Bonchev–Trinajstić information content (AvgIpc) is 3.45. The average molecular weight is 1260 g/mol. The Labute approximate surface area is 487 Å². The summed E-state index contributed by atoms with van der Waals surface area (Å²) in [5, 5.41) is 2.96. The molecule has 2 atom stereocenters. The second-order valence-electron chi connectivity index (χ2n) is 23.6. The Morgan fingerprint density at radius 1 is 0.582 bits per heavy atom. The van der Waals surface area contributed by atoms with Gasteiger partial charge in [-0.1, -0.05) is 81.0 Å². The van der Waals surface area contributed by atoms with E-state index in [0.717, 1.165) is 95.6 Å². The molecular formula is C61H85ClIN6O8S2-. The van der Waals surface area contributed by atoms with Crippen LogP contribution < -0.4 is 48.8 Å². The second-order valence-corrected chi connectivity index (χ2v) is 28.9. The van der Waals surface area contributed by atoms with Crippen LogP contribution in [0.4, 0.5) is 11.4 Å². The van der Waals surface area contributed by atoms with Gasteiger partial charge in [-0.3, -0.25) is 18.7 Å². The summed E-state index contributed by atoms with van der Waals surface area (Å²) in [6.45, 7) is 11.8. The predicted octanol–water partition coefficient (Wildman–Crippen LogP) is 6.83. The van der Waals surface area contributed by atoms with E-state index >= 15 is 0 Å². The van der Waals surface area contributed by atoms with Gasteiger partial charge in [0.05, 0.1) is 11.7 Å². The number of nitrogens with zero attached hydrogens (tertiary/aromatic N) is 2. The van der Waals surface area contributed by atoms with Gasteiger partial charge in [0.15, 0.2) is 5.78 Å². The van der Waals surface area contributed by atoms with Gasteiger partial charge in [-0.2, -0.15) is 13.1 Å². The van der Waals surface area contributed by atoms with Crippen molar-refractivity contribution in [3.63, 3.8) is 0 Å². The van der Waals surface area contributed by atoms with E-state index in [1.165, 1.54) is 27.9 Å². The minimum atomic E-state index is -3.74. The van der Waals surface area contributed by atoms with Crippen molar-refractivity contribution < 1.29 is 57.5 Å². The van der Waals surface area contributed by atoms with E-state index in [2.05, 4.69) is 14.8 Å². The van der Waals surface area contributed by atoms with Crippen LogP contribution in [-0.2, 0) is 78.1 Å². The van der Waals surface area contributed by atoms with Crippen molar-refractivity contribution >= 4 is 66.1 Å². The first-order chi connectivity index (χ1) is 37.4. The number of carbonyl (C=O) groups excluding carboxylic acids is 4. The van der Waals surface area contributed by atoms with Crippen LogP contribution in [-0.4, -0.2) is 74.2 Å². The molecule has 1 amide bonds. The number of carbonyl (C=O) groups is 4.